The Morgan fingerprint density at radius 1 is 1.12 bits per heavy atom. The molecule has 6 nitrogen and oxygen atoms in total. The average molecular weight is 457 g/mol. The monoisotopic (exact) mass is 456 g/mol. The number of carbonyl (C=O) groups excluding carboxylic acids is 1. The van der Waals surface area contributed by atoms with Crippen molar-refractivity contribution < 1.29 is 9.53 Å². The van der Waals surface area contributed by atoms with Crippen molar-refractivity contribution in [2.45, 2.75) is 13.0 Å². The lowest BCUT2D eigenvalue weighted by atomic mass is 10.0. The smallest absolute Gasteiger partial charge is 0.251 e. The van der Waals surface area contributed by atoms with Gasteiger partial charge >= 0.3 is 0 Å². The van der Waals surface area contributed by atoms with Gasteiger partial charge in [0, 0.05) is 29.5 Å². The van der Waals surface area contributed by atoms with Gasteiger partial charge in [0.25, 0.3) is 5.91 Å². The molecule has 2 heterocycles. The highest BCUT2D eigenvalue weighted by Crippen LogP contribution is 2.23. The number of hydrogen-bond acceptors (Lipinski definition) is 4. The zero-order valence-corrected chi connectivity index (χ0v) is 18.5. The molecule has 1 N–H and O–H groups in total. The van der Waals surface area contributed by atoms with Crippen molar-refractivity contribution in [1.82, 2.24) is 14.7 Å². The van der Waals surface area contributed by atoms with Crippen LogP contribution >= 0.6 is 11.6 Å². The number of nitriles is 1. The van der Waals surface area contributed by atoms with Gasteiger partial charge in [0.05, 0.1) is 18.2 Å². The highest BCUT2D eigenvalue weighted by atomic mass is 35.5. The predicted octanol–water partition coefficient (Wildman–Crippen LogP) is 5.14. The standard InChI is InChI=1S/C26H21ClN4O2/c27-21-9-5-19(6-10-21)16-24(26(32)29-14-3-13-28)20-7-11-23(12-8-20)33-18-22-17-31-15-2-1-4-25(31)30-22/h1-2,4-12,15-17H,3,14,18H2,(H,29,32). The van der Waals surface area contributed by atoms with Crippen LogP contribution in [0.5, 0.6) is 5.75 Å². The fourth-order valence-corrected chi connectivity index (χ4v) is 3.40. The van der Waals surface area contributed by atoms with Crippen LogP contribution in [0.3, 0.4) is 0 Å². The first-order valence-corrected chi connectivity index (χ1v) is 10.8. The number of imidazole rings is 1. The molecule has 0 radical (unpaired) electrons. The number of fused-ring (bicyclic) bond motifs is 1. The minimum Gasteiger partial charge on any atom is -0.487 e. The Bertz CT molecular complexity index is 1290. The van der Waals surface area contributed by atoms with Crippen LogP contribution in [0.2, 0.25) is 5.02 Å². The number of ether oxygens (including phenoxy) is 1. The number of amides is 1. The van der Waals surface area contributed by atoms with Crippen LogP contribution in [0, 0.1) is 11.3 Å². The van der Waals surface area contributed by atoms with E-state index in [2.05, 4.69) is 10.3 Å². The lowest BCUT2D eigenvalue weighted by molar-refractivity contribution is -0.115. The molecule has 7 heteroatoms. The van der Waals surface area contributed by atoms with E-state index < -0.39 is 0 Å². The number of aromatic nitrogens is 2. The van der Waals surface area contributed by atoms with E-state index in [1.807, 2.05) is 77.5 Å². The van der Waals surface area contributed by atoms with Crippen molar-refractivity contribution in [2.75, 3.05) is 6.54 Å². The first-order chi connectivity index (χ1) is 16.1. The van der Waals surface area contributed by atoms with E-state index in [9.17, 15) is 4.79 Å². The van der Waals surface area contributed by atoms with Crippen molar-refractivity contribution in [3.8, 4) is 11.8 Å². The molecular formula is C26H21ClN4O2. The fourth-order valence-electron chi connectivity index (χ4n) is 3.28. The Morgan fingerprint density at radius 2 is 1.91 bits per heavy atom. The third kappa shape index (κ3) is 5.79. The highest BCUT2D eigenvalue weighted by molar-refractivity contribution is 6.30. The fraction of sp³-hybridized carbons (Fsp3) is 0.115. The molecule has 0 bridgehead atoms. The summed E-state index contributed by atoms with van der Waals surface area (Å²) < 4.78 is 7.83. The molecule has 2 aromatic carbocycles. The molecule has 0 spiro atoms. The zero-order chi connectivity index (χ0) is 23.0. The molecule has 164 valence electrons. The number of nitrogens with zero attached hydrogens (tertiary/aromatic N) is 3. The molecule has 0 aliphatic rings. The minimum absolute atomic E-state index is 0.246. The summed E-state index contributed by atoms with van der Waals surface area (Å²) in [5, 5.41) is 12.2. The van der Waals surface area contributed by atoms with Gasteiger partial charge in [-0.05, 0) is 53.6 Å². The minimum atomic E-state index is -0.251. The van der Waals surface area contributed by atoms with Gasteiger partial charge < -0.3 is 14.5 Å². The maximum absolute atomic E-state index is 12.8. The highest BCUT2D eigenvalue weighted by Gasteiger charge is 2.12. The summed E-state index contributed by atoms with van der Waals surface area (Å²) in [6, 6.07) is 22.4. The first kappa shape index (κ1) is 22.1. The second-order valence-electron chi connectivity index (χ2n) is 7.28. The second kappa shape index (κ2) is 10.5. The van der Waals surface area contributed by atoms with Crippen LogP contribution in [0.15, 0.2) is 79.1 Å². The predicted molar refractivity (Wildman–Crippen MR) is 129 cm³/mol. The maximum Gasteiger partial charge on any atom is 0.251 e. The van der Waals surface area contributed by atoms with Gasteiger partial charge in [-0.3, -0.25) is 4.79 Å². The molecule has 0 saturated heterocycles. The Kier molecular flexibility index (Phi) is 7.03. The SMILES string of the molecule is N#CCCNC(=O)C(=Cc1ccc(Cl)cc1)c1ccc(OCc2cn3ccccc3n2)cc1. The summed E-state index contributed by atoms with van der Waals surface area (Å²) in [5.74, 6) is 0.421. The van der Waals surface area contributed by atoms with Crippen molar-refractivity contribution in [3.63, 3.8) is 0 Å². The van der Waals surface area contributed by atoms with Crippen LogP contribution in [-0.2, 0) is 11.4 Å². The molecule has 0 aliphatic carbocycles. The molecule has 0 atom stereocenters. The molecule has 4 rings (SSSR count). The van der Waals surface area contributed by atoms with Crippen LogP contribution in [0.1, 0.15) is 23.2 Å². The number of rotatable bonds is 8. The molecule has 1 amide bonds. The van der Waals surface area contributed by atoms with E-state index in [4.69, 9.17) is 21.6 Å². The van der Waals surface area contributed by atoms with E-state index in [-0.39, 0.29) is 18.9 Å². The van der Waals surface area contributed by atoms with Gasteiger partial charge in [-0.2, -0.15) is 5.26 Å². The average Bonchev–Trinajstić information content (AvgIpc) is 3.26. The van der Waals surface area contributed by atoms with E-state index in [0.717, 1.165) is 22.5 Å². The van der Waals surface area contributed by atoms with Gasteiger partial charge in [-0.25, -0.2) is 4.98 Å². The Morgan fingerprint density at radius 3 is 2.64 bits per heavy atom. The molecule has 0 unspecified atom stereocenters. The van der Waals surface area contributed by atoms with Gasteiger partial charge in [0.1, 0.15) is 18.0 Å². The van der Waals surface area contributed by atoms with Crippen molar-refractivity contribution in [3.05, 3.63) is 101 Å². The van der Waals surface area contributed by atoms with E-state index in [1.165, 1.54) is 0 Å². The third-order valence-corrected chi connectivity index (χ3v) is 5.17. The van der Waals surface area contributed by atoms with Crippen molar-refractivity contribution >= 4 is 34.8 Å². The number of halogens is 1. The van der Waals surface area contributed by atoms with Crippen LogP contribution < -0.4 is 10.1 Å². The van der Waals surface area contributed by atoms with Crippen LogP contribution in [0.4, 0.5) is 0 Å². The first-order valence-electron chi connectivity index (χ1n) is 10.4. The van der Waals surface area contributed by atoms with Gasteiger partial charge in [0.2, 0.25) is 0 Å². The summed E-state index contributed by atoms with van der Waals surface area (Å²) in [5.41, 5.74) is 3.76. The summed E-state index contributed by atoms with van der Waals surface area (Å²) >= 11 is 5.98. The number of pyridine rings is 1. The second-order valence-corrected chi connectivity index (χ2v) is 7.72. The summed E-state index contributed by atoms with van der Waals surface area (Å²) in [6.07, 6.45) is 5.92. The molecule has 4 aromatic rings. The normalized spacial score (nSPS) is 11.2. The van der Waals surface area contributed by atoms with Gasteiger partial charge in [-0.15, -0.1) is 0 Å². The number of nitrogens with one attached hydrogen (secondary N) is 1. The Balaban J connectivity index is 1.51. The number of hydrogen-bond donors (Lipinski definition) is 1. The van der Waals surface area contributed by atoms with Crippen LogP contribution in [-0.4, -0.2) is 21.8 Å². The molecular weight excluding hydrogens is 436 g/mol. The van der Waals surface area contributed by atoms with E-state index >= 15 is 0 Å². The zero-order valence-electron chi connectivity index (χ0n) is 17.7. The summed E-state index contributed by atoms with van der Waals surface area (Å²) in [7, 11) is 0. The van der Waals surface area contributed by atoms with Crippen molar-refractivity contribution in [2.24, 2.45) is 0 Å². The van der Waals surface area contributed by atoms with Gasteiger partial charge in [-0.1, -0.05) is 41.9 Å². The van der Waals surface area contributed by atoms with E-state index in [0.29, 0.717) is 23.0 Å². The summed E-state index contributed by atoms with van der Waals surface area (Å²) in [6.45, 7) is 0.622. The molecule has 33 heavy (non-hydrogen) atoms. The maximum atomic E-state index is 12.8. The van der Waals surface area contributed by atoms with Crippen LogP contribution in [0.25, 0.3) is 17.3 Å². The lowest BCUT2D eigenvalue weighted by Gasteiger charge is -2.10. The Hall–Kier alpha value is -4.08. The number of benzene rings is 2. The largest absolute Gasteiger partial charge is 0.487 e. The summed E-state index contributed by atoms with van der Waals surface area (Å²) in [4.78, 5) is 17.3. The molecule has 0 aliphatic heterocycles. The Labute approximate surface area is 196 Å². The molecule has 0 saturated carbocycles. The van der Waals surface area contributed by atoms with Gasteiger partial charge in [0.15, 0.2) is 0 Å². The molecule has 2 aromatic heterocycles. The number of carbonyl (C=O) groups is 1. The lowest BCUT2D eigenvalue weighted by Crippen LogP contribution is -2.25. The van der Waals surface area contributed by atoms with Crippen molar-refractivity contribution in [1.29, 1.82) is 5.26 Å². The quantitative estimate of drug-likeness (QED) is 0.226. The molecule has 0 fully saturated rings. The topological polar surface area (TPSA) is 79.4 Å². The van der Waals surface area contributed by atoms with E-state index in [1.54, 1.807) is 18.2 Å². The third-order valence-electron chi connectivity index (χ3n) is 4.91.